The van der Waals surface area contributed by atoms with Crippen LogP contribution in [0.3, 0.4) is 0 Å². The maximum absolute atomic E-state index is 12.7. The van der Waals surface area contributed by atoms with Crippen molar-refractivity contribution in [2.24, 2.45) is 0 Å². The highest BCUT2D eigenvalue weighted by atomic mass is 35.5. The van der Waals surface area contributed by atoms with E-state index in [1.54, 1.807) is 25.1 Å². The van der Waals surface area contributed by atoms with Gasteiger partial charge in [-0.05, 0) is 37.6 Å². The van der Waals surface area contributed by atoms with E-state index in [0.717, 1.165) is 11.1 Å². The van der Waals surface area contributed by atoms with Crippen LogP contribution >= 0.6 is 23.4 Å². The Hall–Kier alpha value is -2.44. The lowest BCUT2D eigenvalue weighted by molar-refractivity contribution is -0.112. The molecule has 3 rings (SSSR count). The van der Waals surface area contributed by atoms with Gasteiger partial charge in [0.15, 0.2) is 0 Å². The summed E-state index contributed by atoms with van der Waals surface area (Å²) in [6, 6.07) is 12.7. The van der Waals surface area contributed by atoms with E-state index >= 15 is 0 Å². The number of hydrogen-bond acceptors (Lipinski definition) is 4. The van der Waals surface area contributed by atoms with Gasteiger partial charge in [0.25, 0.3) is 11.8 Å². The van der Waals surface area contributed by atoms with Crippen LogP contribution in [0.5, 0.6) is 0 Å². The smallest absolute Gasteiger partial charge is 0.265 e. The Morgan fingerprint density at radius 1 is 1.11 bits per heavy atom. The topological polar surface area (TPSA) is 67.4 Å². The first-order chi connectivity index (χ1) is 13.4. The van der Waals surface area contributed by atoms with Crippen LogP contribution in [0.25, 0.3) is 0 Å². The van der Waals surface area contributed by atoms with Crippen molar-refractivity contribution in [3.05, 3.63) is 74.8 Å². The van der Waals surface area contributed by atoms with E-state index in [9.17, 15) is 9.59 Å². The molecule has 28 heavy (non-hydrogen) atoms. The molecule has 0 spiro atoms. The maximum Gasteiger partial charge on any atom is 0.265 e. The van der Waals surface area contributed by atoms with Crippen LogP contribution in [-0.2, 0) is 16.1 Å². The lowest BCUT2D eigenvalue weighted by Crippen LogP contribution is -2.25. The Labute approximate surface area is 173 Å². The predicted octanol–water partition coefficient (Wildman–Crippen LogP) is 4.51. The molecule has 2 aromatic rings. The van der Waals surface area contributed by atoms with Crippen molar-refractivity contribution in [2.75, 3.05) is 17.7 Å². The maximum atomic E-state index is 12.7. The van der Waals surface area contributed by atoms with Gasteiger partial charge in [-0.15, -0.1) is 11.8 Å². The summed E-state index contributed by atoms with van der Waals surface area (Å²) in [4.78, 5) is 25.8. The van der Waals surface area contributed by atoms with Gasteiger partial charge in [-0.1, -0.05) is 41.4 Å². The van der Waals surface area contributed by atoms with Gasteiger partial charge >= 0.3 is 0 Å². The summed E-state index contributed by atoms with van der Waals surface area (Å²) in [6.45, 7) is 4.74. The average Bonchev–Trinajstić information content (AvgIpc) is 2.67. The zero-order valence-electron chi connectivity index (χ0n) is 15.7. The van der Waals surface area contributed by atoms with Gasteiger partial charge in [0.05, 0.1) is 17.9 Å². The molecule has 0 aromatic heterocycles. The summed E-state index contributed by atoms with van der Waals surface area (Å²) in [5.41, 5.74) is 2.87. The number of nitrogens with one attached hydrogen (secondary N) is 2. The molecule has 146 valence electrons. The molecule has 0 bridgehead atoms. The van der Waals surface area contributed by atoms with Crippen LogP contribution in [0.1, 0.15) is 28.4 Å². The molecule has 0 saturated carbocycles. The van der Waals surface area contributed by atoms with Crippen LogP contribution < -0.4 is 10.6 Å². The monoisotopic (exact) mass is 416 g/mol. The highest BCUT2D eigenvalue weighted by molar-refractivity contribution is 8.04. The van der Waals surface area contributed by atoms with Crippen LogP contribution in [0.2, 0.25) is 5.02 Å². The first kappa shape index (κ1) is 20.3. The number of carbonyl (C=O) groups is 2. The van der Waals surface area contributed by atoms with E-state index in [1.165, 1.54) is 11.8 Å². The minimum Gasteiger partial charge on any atom is -0.496 e. The Balaban J connectivity index is 1.75. The van der Waals surface area contributed by atoms with Gasteiger partial charge in [-0.2, -0.15) is 0 Å². The lowest BCUT2D eigenvalue weighted by atomic mass is 10.1. The van der Waals surface area contributed by atoms with Gasteiger partial charge in [-0.25, -0.2) is 0 Å². The molecule has 0 unspecified atom stereocenters. The zero-order chi connectivity index (χ0) is 20.1. The van der Waals surface area contributed by atoms with E-state index in [0.29, 0.717) is 45.8 Å². The molecule has 1 aliphatic rings. The Kier molecular flexibility index (Phi) is 6.65. The fraction of sp³-hybridized carbons (Fsp3) is 0.238. The normalized spacial score (nSPS) is 13.7. The molecule has 0 fully saturated rings. The number of hydrogen-bond donors (Lipinski definition) is 2. The van der Waals surface area contributed by atoms with Crippen molar-refractivity contribution < 1.29 is 14.3 Å². The number of ether oxygens (including phenoxy) is 1. The number of thioether (sulfide) groups is 1. The standard InChI is InChI=1S/C21H21ClN2O3S/c1-13-3-5-15(6-4-13)12-23-20(25)17-8-7-16(22)11-18(17)24-21(26)19-14(2)27-9-10-28-19/h3-8,11H,9-10,12H2,1-2H3,(H,23,25)(H,24,26). The molecule has 0 radical (unpaired) electrons. The van der Waals surface area contributed by atoms with Crippen molar-refractivity contribution in [1.82, 2.24) is 5.32 Å². The number of carbonyl (C=O) groups excluding carboxylic acids is 2. The number of allylic oxidation sites excluding steroid dienone is 1. The minimum atomic E-state index is -0.308. The summed E-state index contributed by atoms with van der Waals surface area (Å²) in [5.74, 6) is 0.698. The molecule has 0 aliphatic carbocycles. The summed E-state index contributed by atoms with van der Waals surface area (Å²) < 4.78 is 5.44. The molecule has 2 amide bonds. The first-order valence-corrected chi connectivity index (χ1v) is 10.2. The molecule has 5 nitrogen and oxygen atoms in total. The van der Waals surface area contributed by atoms with Crippen molar-refractivity contribution in [3.8, 4) is 0 Å². The summed E-state index contributed by atoms with van der Waals surface area (Å²) in [7, 11) is 0. The Morgan fingerprint density at radius 2 is 1.86 bits per heavy atom. The molecule has 1 aliphatic heterocycles. The molecule has 2 aromatic carbocycles. The molecule has 2 N–H and O–H groups in total. The Bertz CT molecular complexity index is 926. The minimum absolute atomic E-state index is 0.286. The molecular formula is C21H21ClN2O3S. The molecular weight excluding hydrogens is 396 g/mol. The van der Waals surface area contributed by atoms with Crippen LogP contribution in [0, 0.1) is 6.92 Å². The molecule has 0 atom stereocenters. The average molecular weight is 417 g/mol. The SMILES string of the molecule is CC1=C(C(=O)Nc2cc(Cl)ccc2C(=O)NCc2ccc(C)cc2)SCCO1. The van der Waals surface area contributed by atoms with Gasteiger partial charge in [0.1, 0.15) is 10.7 Å². The number of aryl methyl sites for hydroxylation is 1. The Morgan fingerprint density at radius 3 is 2.57 bits per heavy atom. The second kappa shape index (κ2) is 9.17. The van der Waals surface area contributed by atoms with Crippen molar-refractivity contribution in [1.29, 1.82) is 0 Å². The van der Waals surface area contributed by atoms with Crippen LogP contribution in [0.15, 0.2) is 53.1 Å². The fourth-order valence-electron chi connectivity index (χ4n) is 2.71. The van der Waals surface area contributed by atoms with Crippen LogP contribution in [-0.4, -0.2) is 24.2 Å². The summed E-state index contributed by atoms with van der Waals surface area (Å²) >= 11 is 7.52. The number of amides is 2. The van der Waals surface area contributed by atoms with Crippen molar-refractivity contribution >= 4 is 40.9 Å². The third-order valence-corrected chi connectivity index (χ3v) is 5.59. The van der Waals surface area contributed by atoms with Crippen LogP contribution in [0.4, 0.5) is 5.69 Å². The number of anilines is 1. The third-order valence-electron chi connectivity index (χ3n) is 4.22. The first-order valence-electron chi connectivity index (χ1n) is 8.85. The van der Waals surface area contributed by atoms with Gasteiger partial charge < -0.3 is 15.4 Å². The second-order valence-corrected chi connectivity index (χ2v) is 7.94. The van der Waals surface area contributed by atoms with Gasteiger partial charge in [0.2, 0.25) is 0 Å². The second-order valence-electron chi connectivity index (χ2n) is 6.39. The molecule has 0 saturated heterocycles. The third kappa shape index (κ3) is 5.09. The number of benzene rings is 2. The van der Waals surface area contributed by atoms with Gasteiger partial charge in [-0.3, -0.25) is 9.59 Å². The zero-order valence-corrected chi connectivity index (χ0v) is 17.2. The summed E-state index contributed by atoms with van der Waals surface area (Å²) in [6.07, 6.45) is 0. The van der Waals surface area contributed by atoms with Gasteiger partial charge in [0, 0.05) is 17.3 Å². The number of halogens is 1. The van der Waals surface area contributed by atoms with Crippen molar-refractivity contribution in [2.45, 2.75) is 20.4 Å². The fourth-order valence-corrected chi connectivity index (χ4v) is 3.70. The highest BCUT2D eigenvalue weighted by Crippen LogP contribution is 2.28. The van der Waals surface area contributed by atoms with E-state index in [2.05, 4.69) is 10.6 Å². The van der Waals surface area contributed by atoms with E-state index < -0.39 is 0 Å². The highest BCUT2D eigenvalue weighted by Gasteiger charge is 2.21. The number of rotatable bonds is 5. The quantitative estimate of drug-likeness (QED) is 0.752. The lowest BCUT2D eigenvalue weighted by Gasteiger charge is -2.18. The molecule has 1 heterocycles. The van der Waals surface area contributed by atoms with Crippen molar-refractivity contribution in [3.63, 3.8) is 0 Å². The molecule has 7 heteroatoms. The predicted molar refractivity (Wildman–Crippen MR) is 114 cm³/mol. The largest absolute Gasteiger partial charge is 0.496 e. The van der Waals surface area contributed by atoms with E-state index in [4.69, 9.17) is 16.3 Å². The van der Waals surface area contributed by atoms with E-state index in [-0.39, 0.29) is 11.8 Å². The van der Waals surface area contributed by atoms with E-state index in [1.807, 2.05) is 31.2 Å². The summed E-state index contributed by atoms with van der Waals surface area (Å²) in [5, 5.41) is 6.11.